The van der Waals surface area contributed by atoms with E-state index < -0.39 is 14.8 Å². The highest BCUT2D eigenvalue weighted by atomic mass is 35.5. The molecule has 0 aliphatic carbocycles. The largest absolute Gasteiger partial charge is 0.505 e. The van der Waals surface area contributed by atoms with Gasteiger partial charge in [-0.15, -0.1) is 0 Å². The third-order valence-electron chi connectivity index (χ3n) is 3.02. The Bertz CT molecular complexity index is 542. The highest BCUT2D eigenvalue weighted by molar-refractivity contribution is 7.02. The number of phenolic OH excluding ortho intramolecular Hbond substituents is 1. The predicted molar refractivity (Wildman–Crippen MR) is 69.9 cm³/mol. The van der Waals surface area contributed by atoms with E-state index in [1.54, 1.807) is 0 Å². The highest BCUT2D eigenvalue weighted by Crippen LogP contribution is 2.36. The van der Waals surface area contributed by atoms with Crippen LogP contribution < -0.4 is 5.19 Å². The van der Waals surface area contributed by atoms with E-state index in [0.29, 0.717) is 10.7 Å². The van der Waals surface area contributed by atoms with Crippen molar-refractivity contribution in [2.45, 2.75) is 13.5 Å². The van der Waals surface area contributed by atoms with Crippen molar-refractivity contribution >= 4 is 42.6 Å². The Morgan fingerprint density at radius 1 is 1.59 bits per heavy atom. The first-order chi connectivity index (χ1) is 7.97. The molecule has 0 radical (unpaired) electrons. The van der Waals surface area contributed by atoms with Crippen LogP contribution in [-0.4, -0.2) is 32.3 Å². The number of rotatable bonds is 1. The van der Waals surface area contributed by atoms with Crippen molar-refractivity contribution in [3.05, 3.63) is 16.7 Å². The van der Waals surface area contributed by atoms with Crippen LogP contribution >= 0.6 is 11.6 Å². The first kappa shape index (κ1) is 12.1. The number of carbonyl (C=O) groups is 1. The first-order valence-corrected chi connectivity index (χ1v) is 7.85. The SMILES string of the molecule is COC(=O)c1cc(Cl)c2c(c1O)N=C(C)[SiH]2C. The summed E-state index contributed by atoms with van der Waals surface area (Å²) in [7, 11) is -0.105. The molecule has 1 aromatic carbocycles. The second kappa shape index (κ2) is 4.16. The summed E-state index contributed by atoms with van der Waals surface area (Å²) < 4.78 is 4.59. The Morgan fingerprint density at radius 3 is 2.82 bits per heavy atom. The number of phenols is 1. The number of aliphatic imine (C=N–C) groups is 1. The normalized spacial score (nSPS) is 17.6. The smallest absolute Gasteiger partial charge is 0.341 e. The minimum atomic E-state index is -1.36. The highest BCUT2D eigenvalue weighted by Gasteiger charge is 2.30. The molecule has 0 aromatic heterocycles. The summed E-state index contributed by atoms with van der Waals surface area (Å²) in [6.07, 6.45) is 0. The van der Waals surface area contributed by atoms with Gasteiger partial charge < -0.3 is 9.84 Å². The molecule has 0 spiro atoms. The molecule has 1 unspecified atom stereocenters. The van der Waals surface area contributed by atoms with Gasteiger partial charge in [-0.2, -0.15) is 0 Å². The number of fused-ring (bicyclic) bond motifs is 1. The minimum absolute atomic E-state index is 0.0656. The van der Waals surface area contributed by atoms with Gasteiger partial charge >= 0.3 is 5.97 Å². The van der Waals surface area contributed by atoms with Crippen molar-refractivity contribution in [2.75, 3.05) is 7.11 Å². The van der Waals surface area contributed by atoms with Crippen LogP contribution in [-0.2, 0) is 4.74 Å². The topological polar surface area (TPSA) is 58.9 Å². The number of esters is 1. The van der Waals surface area contributed by atoms with E-state index in [2.05, 4.69) is 16.3 Å². The van der Waals surface area contributed by atoms with E-state index in [1.807, 2.05) is 6.92 Å². The van der Waals surface area contributed by atoms with Gasteiger partial charge in [-0.1, -0.05) is 18.1 Å². The number of hydrogen-bond donors (Lipinski definition) is 1. The van der Waals surface area contributed by atoms with Gasteiger partial charge in [0, 0.05) is 10.4 Å². The van der Waals surface area contributed by atoms with Gasteiger partial charge in [0.05, 0.1) is 7.11 Å². The van der Waals surface area contributed by atoms with Gasteiger partial charge in [0.25, 0.3) is 0 Å². The van der Waals surface area contributed by atoms with Gasteiger partial charge in [-0.3, -0.25) is 4.99 Å². The van der Waals surface area contributed by atoms with Crippen LogP contribution in [0.5, 0.6) is 5.75 Å². The molecule has 1 atom stereocenters. The van der Waals surface area contributed by atoms with Crippen LogP contribution in [0.2, 0.25) is 11.6 Å². The fourth-order valence-electron chi connectivity index (χ4n) is 1.91. The lowest BCUT2D eigenvalue weighted by Crippen LogP contribution is -2.30. The molecule has 1 heterocycles. The molecule has 2 rings (SSSR count). The fourth-order valence-corrected chi connectivity index (χ4v) is 4.45. The number of methoxy groups -OCH3 is 1. The van der Waals surface area contributed by atoms with Gasteiger partial charge in [-0.25, -0.2) is 4.79 Å². The summed E-state index contributed by atoms with van der Waals surface area (Å²) in [6.45, 7) is 4.01. The lowest BCUT2D eigenvalue weighted by Gasteiger charge is -2.10. The number of carbonyl (C=O) groups excluding carboxylic acids is 1. The van der Waals surface area contributed by atoms with Crippen LogP contribution in [0.25, 0.3) is 0 Å². The van der Waals surface area contributed by atoms with Crippen molar-refractivity contribution in [3.8, 4) is 5.75 Å². The van der Waals surface area contributed by atoms with Crippen LogP contribution in [0.3, 0.4) is 0 Å². The molecule has 0 bridgehead atoms. The van der Waals surface area contributed by atoms with Crippen LogP contribution in [0.15, 0.2) is 11.1 Å². The molecular formula is C11H12ClNO3Si. The predicted octanol–water partition coefficient (Wildman–Crippen LogP) is 1.54. The molecule has 17 heavy (non-hydrogen) atoms. The quantitative estimate of drug-likeness (QED) is 0.621. The summed E-state index contributed by atoms with van der Waals surface area (Å²) in [5.74, 6) is -0.742. The molecule has 0 amide bonds. The standard InChI is InChI=1S/C11H12ClNO3Si/c1-5-13-8-9(14)6(11(15)16-2)4-7(12)10(8)17(5)3/h4,14,17H,1-3H3. The second-order valence-corrected chi connectivity index (χ2v) is 7.25. The number of hydrogen-bond acceptors (Lipinski definition) is 4. The molecule has 1 aliphatic rings. The molecular weight excluding hydrogens is 258 g/mol. The Kier molecular flexibility index (Phi) is 2.97. The summed E-state index contributed by atoms with van der Waals surface area (Å²) in [4.78, 5) is 15.8. The maximum absolute atomic E-state index is 11.5. The van der Waals surface area contributed by atoms with E-state index in [0.717, 1.165) is 10.5 Å². The lowest BCUT2D eigenvalue weighted by atomic mass is 10.1. The van der Waals surface area contributed by atoms with E-state index in [1.165, 1.54) is 13.2 Å². The number of benzene rings is 1. The third-order valence-corrected chi connectivity index (χ3v) is 6.34. The van der Waals surface area contributed by atoms with Gasteiger partial charge in [0.1, 0.15) is 20.0 Å². The summed E-state index contributed by atoms with van der Waals surface area (Å²) in [5, 5.41) is 12.4. The zero-order valence-electron chi connectivity index (χ0n) is 9.74. The van der Waals surface area contributed by atoms with Gasteiger partial charge in [0.2, 0.25) is 0 Å². The average molecular weight is 270 g/mol. The fraction of sp³-hybridized carbons (Fsp3) is 0.273. The maximum atomic E-state index is 11.5. The van der Waals surface area contributed by atoms with Crippen molar-refractivity contribution in [1.82, 2.24) is 0 Å². The number of nitrogens with zero attached hydrogens (tertiary/aromatic N) is 1. The molecule has 1 aromatic rings. The van der Waals surface area contributed by atoms with Crippen molar-refractivity contribution < 1.29 is 14.6 Å². The molecule has 90 valence electrons. The molecule has 1 N–H and O–H groups in total. The van der Waals surface area contributed by atoms with E-state index in [-0.39, 0.29) is 11.3 Å². The van der Waals surface area contributed by atoms with Crippen LogP contribution in [0, 0.1) is 0 Å². The number of aromatic hydroxyl groups is 1. The van der Waals surface area contributed by atoms with Gasteiger partial charge in [0.15, 0.2) is 5.75 Å². The van der Waals surface area contributed by atoms with Crippen molar-refractivity contribution in [2.24, 2.45) is 4.99 Å². The Morgan fingerprint density at radius 2 is 2.24 bits per heavy atom. The maximum Gasteiger partial charge on any atom is 0.341 e. The molecule has 6 heteroatoms. The number of halogens is 1. The van der Waals surface area contributed by atoms with Crippen LogP contribution in [0.4, 0.5) is 5.69 Å². The minimum Gasteiger partial charge on any atom is -0.505 e. The monoisotopic (exact) mass is 269 g/mol. The zero-order valence-corrected chi connectivity index (χ0v) is 11.7. The average Bonchev–Trinajstić information content (AvgIpc) is 2.60. The van der Waals surface area contributed by atoms with E-state index in [9.17, 15) is 9.90 Å². The summed E-state index contributed by atoms with van der Waals surface area (Å²) in [5.41, 5.74) is 0.505. The summed E-state index contributed by atoms with van der Waals surface area (Å²) in [6, 6.07) is 1.46. The number of ether oxygens (including phenoxy) is 1. The molecule has 1 aliphatic heterocycles. The summed E-state index contributed by atoms with van der Waals surface area (Å²) >= 11 is 6.15. The van der Waals surface area contributed by atoms with E-state index >= 15 is 0 Å². The van der Waals surface area contributed by atoms with Crippen molar-refractivity contribution in [3.63, 3.8) is 0 Å². The van der Waals surface area contributed by atoms with Gasteiger partial charge in [-0.05, 0) is 18.2 Å². The second-order valence-electron chi connectivity index (χ2n) is 3.98. The first-order valence-electron chi connectivity index (χ1n) is 5.16. The van der Waals surface area contributed by atoms with Crippen LogP contribution in [0.1, 0.15) is 17.3 Å². The Balaban J connectivity index is 2.68. The molecule has 4 nitrogen and oxygen atoms in total. The Hall–Kier alpha value is -1.33. The van der Waals surface area contributed by atoms with E-state index in [4.69, 9.17) is 11.6 Å². The van der Waals surface area contributed by atoms with Crippen molar-refractivity contribution in [1.29, 1.82) is 0 Å². The molecule has 0 fully saturated rings. The third kappa shape index (κ3) is 1.75. The molecule has 0 saturated carbocycles. The molecule has 0 saturated heterocycles. The zero-order chi connectivity index (χ0) is 12.7. The Labute approximate surface area is 105 Å². The lowest BCUT2D eigenvalue weighted by molar-refractivity contribution is 0.0597.